The molecule has 0 fully saturated rings. The monoisotopic (exact) mass is 289 g/mol. The third kappa shape index (κ3) is 2.04. The van der Waals surface area contributed by atoms with E-state index in [4.69, 9.17) is 5.10 Å². The number of para-hydroxylation sites is 1. The summed E-state index contributed by atoms with van der Waals surface area (Å²) < 4.78 is 1.88. The second-order valence-electron chi connectivity index (χ2n) is 5.44. The lowest BCUT2D eigenvalue weighted by atomic mass is 9.93. The molecule has 108 valence electrons. The zero-order valence-electron chi connectivity index (χ0n) is 12.1. The number of aromatic nitrogens is 3. The van der Waals surface area contributed by atoms with Crippen molar-refractivity contribution in [2.75, 3.05) is 0 Å². The number of ketones is 1. The lowest BCUT2D eigenvalue weighted by molar-refractivity contribution is 0.0973. The number of rotatable bonds is 2. The number of benzene rings is 1. The average molecular weight is 289 g/mol. The Labute approximate surface area is 128 Å². The van der Waals surface area contributed by atoms with Crippen LogP contribution in [0.4, 0.5) is 0 Å². The van der Waals surface area contributed by atoms with Crippen LogP contribution >= 0.6 is 0 Å². The number of hydrogen-bond acceptors (Lipinski definition) is 3. The van der Waals surface area contributed by atoms with E-state index in [0.717, 1.165) is 41.0 Å². The van der Waals surface area contributed by atoms with Crippen LogP contribution in [0, 0.1) is 0 Å². The first-order valence-electron chi connectivity index (χ1n) is 7.45. The molecule has 0 aliphatic heterocycles. The highest BCUT2D eigenvalue weighted by Gasteiger charge is 2.28. The third-order valence-corrected chi connectivity index (χ3v) is 3.99. The summed E-state index contributed by atoms with van der Waals surface area (Å²) in [5, 5.41) is 4.72. The molecule has 1 aromatic carbocycles. The van der Waals surface area contributed by atoms with Gasteiger partial charge in [0.25, 0.3) is 0 Å². The molecule has 0 unspecified atom stereocenters. The van der Waals surface area contributed by atoms with E-state index in [1.165, 1.54) is 0 Å². The SMILES string of the molecule is O=C1CCCc2nn(-c3ccccc3)c(-c3cccnc3)c21. The van der Waals surface area contributed by atoms with E-state index in [0.29, 0.717) is 6.42 Å². The maximum Gasteiger partial charge on any atom is 0.166 e. The van der Waals surface area contributed by atoms with Crippen LogP contribution in [-0.4, -0.2) is 20.5 Å². The van der Waals surface area contributed by atoms with Gasteiger partial charge in [0.2, 0.25) is 0 Å². The Morgan fingerprint density at radius 3 is 2.64 bits per heavy atom. The van der Waals surface area contributed by atoms with Crippen molar-refractivity contribution in [3.63, 3.8) is 0 Å². The topological polar surface area (TPSA) is 47.8 Å². The van der Waals surface area contributed by atoms with Crippen LogP contribution in [-0.2, 0) is 6.42 Å². The molecule has 0 saturated carbocycles. The molecule has 2 heterocycles. The fourth-order valence-corrected chi connectivity index (χ4v) is 3.00. The van der Waals surface area contributed by atoms with Gasteiger partial charge in [-0.1, -0.05) is 18.2 Å². The predicted octanol–water partition coefficient (Wildman–Crippen LogP) is 3.45. The smallest absolute Gasteiger partial charge is 0.166 e. The first-order chi connectivity index (χ1) is 10.8. The zero-order valence-corrected chi connectivity index (χ0v) is 12.1. The highest BCUT2D eigenvalue weighted by Crippen LogP contribution is 2.33. The standard InChI is InChI=1S/C18H15N3O/c22-16-10-4-9-15-17(16)18(13-6-5-11-19-12-13)21(20-15)14-7-2-1-3-8-14/h1-3,5-8,11-12H,4,9-10H2. The number of fused-ring (bicyclic) bond motifs is 1. The number of carbonyl (C=O) groups excluding carboxylic acids is 1. The van der Waals surface area contributed by atoms with Crippen molar-refractivity contribution in [3.8, 4) is 16.9 Å². The molecule has 1 aliphatic rings. The Hall–Kier alpha value is -2.75. The number of pyridine rings is 1. The fourth-order valence-electron chi connectivity index (χ4n) is 3.00. The summed E-state index contributed by atoms with van der Waals surface area (Å²) in [4.78, 5) is 16.6. The minimum Gasteiger partial charge on any atom is -0.294 e. The van der Waals surface area contributed by atoms with Crippen molar-refractivity contribution in [1.82, 2.24) is 14.8 Å². The summed E-state index contributed by atoms with van der Waals surface area (Å²) in [5.41, 5.74) is 4.42. The van der Waals surface area contributed by atoms with Crippen LogP contribution < -0.4 is 0 Å². The van der Waals surface area contributed by atoms with Gasteiger partial charge in [-0.15, -0.1) is 0 Å². The largest absolute Gasteiger partial charge is 0.294 e. The van der Waals surface area contributed by atoms with E-state index in [-0.39, 0.29) is 5.78 Å². The van der Waals surface area contributed by atoms with Crippen LogP contribution in [0.1, 0.15) is 28.9 Å². The van der Waals surface area contributed by atoms with Crippen molar-refractivity contribution >= 4 is 5.78 Å². The summed E-state index contributed by atoms with van der Waals surface area (Å²) in [6.45, 7) is 0. The molecule has 0 radical (unpaired) electrons. The molecule has 3 aromatic rings. The van der Waals surface area contributed by atoms with Gasteiger partial charge < -0.3 is 0 Å². The van der Waals surface area contributed by atoms with Gasteiger partial charge in [0, 0.05) is 24.4 Å². The Kier molecular flexibility index (Phi) is 3.07. The van der Waals surface area contributed by atoms with Crippen molar-refractivity contribution in [2.45, 2.75) is 19.3 Å². The Morgan fingerprint density at radius 2 is 1.86 bits per heavy atom. The lowest BCUT2D eigenvalue weighted by Crippen LogP contribution is -2.10. The summed E-state index contributed by atoms with van der Waals surface area (Å²) in [6, 6.07) is 13.8. The van der Waals surface area contributed by atoms with E-state index in [9.17, 15) is 4.79 Å². The van der Waals surface area contributed by atoms with Gasteiger partial charge in [0.15, 0.2) is 5.78 Å². The van der Waals surface area contributed by atoms with Gasteiger partial charge in [-0.3, -0.25) is 9.78 Å². The quantitative estimate of drug-likeness (QED) is 0.726. The zero-order chi connectivity index (χ0) is 14.9. The van der Waals surface area contributed by atoms with Gasteiger partial charge in [-0.2, -0.15) is 5.10 Å². The van der Waals surface area contributed by atoms with Crippen LogP contribution in [0.15, 0.2) is 54.9 Å². The van der Waals surface area contributed by atoms with E-state index >= 15 is 0 Å². The molecule has 0 N–H and O–H groups in total. The highest BCUT2D eigenvalue weighted by atomic mass is 16.1. The van der Waals surface area contributed by atoms with Crippen LogP contribution in [0.5, 0.6) is 0 Å². The van der Waals surface area contributed by atoms with Crippen molar-refractivity contribution in [3.05, 3.63) is 66.1 Å². The summed E-state index contributed by atoms with van der Waals surface area (Å²) in [7, 11) is 0. The van der Waals surface area contributed by atoms with E-state index in [2.05, 4.69) is 4.98 Å². The number of hydrogen-bond donors (Lipinski definition) is 0. The van der Waals surface area contributed by atoms with E-state index in [1.54, 1.807) is 12.4 Å². The maximum atomic E-state index is 12.5. The number of nitrogens with zero attached hydrogens (tertiary/aromatic N) is 3. The summed E-state index contributed by atoms with van der Waals surface area (Å²) >= 11 is 0. The van der Waals surface area contributed by atoms with Crippen molar-refractivity contribution in [2.24, 2.45) is 0 Å². The molecule has 4 nitrogen and oxygen atoms in total. The van der Waals surface area contributed by atoms with Crippen LogP contribution in [0.25, 0.3) is 16.9 Å². The van der Waals surface area contributed by atoms with E-state index in [1.807, 2.05) is 47.1 Å². The molecule has 4 heteroatoms. The predicted molar refractivity (Wildman–Crippen MR) is 84.1 cm³/mol. The molecule has 4 rings (SSSR count). The molecule has 22 heavy (non-hydrogen) atoms. The molecule has 0 bridgehead atoms. The van der Waals surface area contributed by atoms with Gasteiger partial charge >= 0.3 is 0 Å². The molecule has 0 saturated heterocycles. The highest BCUT2D eigenvalue weighted by molar-refractivity contribution is 6.03. The molecular formula is C18H15N3O. The number of aryl methyl sites for hydroxylation is 1. The number of carbonyl (C=O) groups is 1. The maximum absolute atomic E-state index is 12.5. The van der Waals surface area contributed by atoms with Crippen LogP contribution in [0.2, 0.25) is 0 Å². The van der Waals surface area contributed by atoms with Gasteiger partial charge in [0.1, 0.15) is 0 Å². The minimum absolute atomic E-state index is 0.183. The lowest BCUT2D eigenvalue weighted by Gasteiger charge is -2.11. The Balaban J connectivity index is 2.01. The molecule has 2 aromatic heterocycles. The van der Waals surface area contributed by atoms with Crippen molar-refractivity contribution in [1.29, 1.82) is 0 Å². The molecule has 0 spiro atoms. The molecule has 0 atom stereocenters. The molecule has 1 aliphatic carbocycles. The second kappa shape index (κ2) is 5.22. The van der Waals surface area contributed by atoms with Gasteiger partial charge in [-0.05, 0) is 37.1 Å². The van der Waals surface area contributed by atoms with Crippen LogP contribution in [0.3, 0.4) is 0 Å². The van der Waals surface area contributed by atoms with Gasteiger partial charge in [-0.25, -0.2) is 4.68 Å². The first-order valence-corrected chi connectivity index (χ1v) is 7.45. The summed E-state index contributed by atoms with van der Waals surface area (Å²) in [6.07, 6.45) is 5.86. The minimum atomic E-state index is 0.183. The fraction of sp³-hybridized carbons (Fsp3) is 0.167. The Bertz CT molecular complexity index is 822. The van der Waals surface area contributed by atoms with Gasteiger partial charge in [0.05, 0.1) is 22.6 Å². The molecular weight excluding hydrogens is 274 g/mol. The first kappa shape index (κ1) is 13.0. The van der Waals surface area contributed by atoms with Crippen molar-refractivity contribution < 1.29 is 4.79 Å². The average Bonchev–Trinajstić information content (AvgIpc) is 2.97. The summed E-state index contributed by atoms with van der Waals surface area (Å²) in [5.74, 6) is 0.183. The number of Topliss-reactive ketones (excluding diaryl/α,β-unsaturated/α-hetero) is 1. The van der Waals surface area contributed by atoms with E-state index < -0.39 is 0 Å². The normalized spacial score (nSPS) is 13.9. The second-order valence-corrected chi connectivity index (χ2v) is 5.44. The molecule has 0 amide bonds. The Morgan fingerprint density at radius 1 is 1.00 bits per heavy atom. The third-order valence-electron chi connectivity index (χ3n) is 3.99.